The van der Waals surface area contributed by atoms with Crippen LogP contribution in [0.25, 0.3) is 0 Å². The van der Waals surface area contributed by atoms with Gasteiger partial charge in [0.15, 0.2) is 0 Å². The minimum absolute atomic E-state index is 0.214. The van der Waals surface area contributed by atoms with Crippen molar-refractivity contribution in [3.63, 3.8) is 0 Å². The molecule has 1 rings (SSSR count). The number of carboxylic acid groups (broad SMARTS) is 1. The van der Waals surface area contributed by atoms with E-state index in [0.29, 0.717) is 19.2 Å². The van der Waals surface area contributed by atoms with Crippen molar-refractivity contribution in [1.29, 1.82) is 0 Å². The Hall–Kier alpha value is -0.610. The van der Waals surface area contributed by atoms with Crippen LogP contribution < -0.4 is 0 Å². The third-order valence-electron chi connectivity index (χ3n) is 3.14. The Morgan fingerprint density at radius 2 is 2.27 bits per heavy atom. The van der Waals surface area contributed by atoms with E-state index in [2.05, 4.69) is 11.8 Å². The molecule has 1 fully saturated rings. The van der Waals surface area contributed by atoms with E-state index in [9.17, 15) is 4.79 Å². The summed E-state index contributed by atoms with van der Waals surface area (Å²) in [7, 11) is 0. The van der Waals surface area contributed by atoms with E-state index in [-0.39, 0.29) is 11.8 Å². The Kier molecular flexibility index (Phi) is 4.54. The van der Waals surface area contributed by atoms with Gasteiger partial charge in [0.25, 0.3) is 0 Å². The van der Waals surface area contributed by atoms with Gasteiger partial charge in [-0.25, -0.2) is 0 Å². The van der Waals surface area contributed by atoms with Gasteiger partial charge in [-0.05, 0) is 19.8 Å². The summed E-state index contributed by atoms with van der Waals surface area (Å²) >= 11 is 0. The molecule has 0 amide bonds. The number of hydrogen-bond acceptors (Lipinski definition) is 3. The van der Waals surface area contributed by atoms with E-state index in [1.54, 1.807) is 0 Å². The summed E-state index contributed by atoms with van der Waals surface area (Å²) in [6.45, 7) is 9.00. The van der Waals surface area contributed by atoms with E-state index in [1.807, 2.05) is 13.8 Å². The molecule has 0 aromatic rings. The van der Waals surface area contributed by atoms with Gasteiger partial charge < -0.3 is 9.84 Å². The highest BCUT2D eigenvalue weighted by molar-refractivity contribution is 5.71. The van der Waals surface area contributed by atoms with Gasteiger partial charge in [0.05, 0.1) is 12.5 Å². The summed E-state index contributed by atoms with van der Waals surface area (Å²) < 4.78 is 5.35. The van der Waals surface area contributed by atoms with Crippen LogP contribution in [0.5, 0.6) is 0 Å². The Morgan fingerprint density at radius 1 is 1.60 bits per heavy atom. The van der Waals surface area contributed by atoms with Crippen molar-refractivity contribution in [2.45, 2.75) is 26.8 Å². The second kappa shape index (κ2) is 5.47. The minimum atomic E-state index is -0.673. The molecule has 0 aliphatic carbocycles. The van der Waals surface area contributed by atoms with E-state index in [4.69, 9.17) is 9.84 Å². The van der Waals surface area contributed by atoms with Crippen LogP contribution in [-0.2, 0) is 9.53 Å². The molecule has 15 heavy (non-hydrogen) atoms. The first-order valence-electron chi connectivity index (χ1n) is 5.60. The molecule has 4 heteroatoms. The zero-order valence-electron chi connectivity index (χ0n) is 9.77. The topological polar surface area (TPSA) is 49.8 Å². The normalized spacial score (nSPS) is 29.3. The fourth-order valence-corrected chi connectivity index (χ4v) is 2.08. The lowest BCUT2D eigenvalue weighted by atomic mass is 9.99. The van der Waals surface area contributed by atoms with Crippen molar-refractivity contribution in [3.8, 4) is 0 Å². The summed E-state index contributed by atoms with van der Waals surface area (Å²) in [6.07, 6.45) is 0. The molecule has 88 valence electrons. The fraction of sp³-hybridized carbons (Fsp3) is 0.909. The number of rotatable bonds is 5. The molecule has 1 aliphatic rings. The Balaban J connectivity index is 2.43. The van der Waals surface area contributed by atoms with Crippen LogP contribution in [0, 0.1) is 11.8 Å². The predicted octanol–water partition coefficient (Wildman–Crippen LogP) is 1.06. The van der Waals surface area contributed by atoms with E-state index in [1.165, 1.54) is 0 Å². The largest absolute Gasteiger partial charge is 0.481 e. The molecule has 1 heterocycles. The second-order valence-electron chi connectivity index (χ2n) is 4.38. The van der Waals surface area contributed by atoms with Crippen LogP contribution in [-0.4, -0.2) is 48.3 Å². The first-order chi connectivity index (χ1) is 7.06. The number of nitrogens with zero attached hydrogens (tertiary/aromatic N) is 1. The molecular formula is C11H21NO3. The van der Waals surface area contributed by atoms with Gasteiger partial charge >= 0.3 is 5.97 Å². The maximum Gasteiger partial charge on any atom is 0.308 e. The van der Waals surface area contributed by atoms with Crippen LogP contribution in [0.2, 0.25) is 0 Å². The molecule has 0 radical (unpaired) electrons. The van der Waals surface area contributed by atoms with Gasteiger partial charge in [0.2, 0.25) is 0 Å². The van der Waals surface area contributed by atoms with Crippen LogP contribution in [0.3, 0.4) is 0 Å². The summed E-state index contributed by atoms with van der Waals surface area (Å²) in [4.78, 5) is 13.1. The molecule has 0 aromatic carbocycles. The summed E-state index contributed by atoms with van der Waals surface area (Å²) in [5.41, 5.74) is 0. The van der Waals surface area contributed by atoms with Crippen LogP contribution in [0.15, 0.2) is 0 Å². The quantitative estimate of drug-likeness (QED) is 0.745. The van der Waals surface area contributed by atoms with Gasteiger partial charge in [-0.3, -0.25) is 9.69 Å². The lowest BCUT2D eigenvalue weighted by molar-refractivity contribution is -0.142. The summed E-state index contributed by atoms with van der Waals surface area (Å²) in [6, 6.07) is 0.316. The number of carbonyl (C=O) groups is 1. The molecule has 0 spiro atoms. The standard InChI is InChI=1S/C11H21NO3/c1-4-15-7-9(3)12-5-8(2)10(6-12)11(13)14/h8-10H,4-7H2,1-3H3,(H,13,14)/t8-,9?,10-/m1/s1. The van der Waals surface area contributed by atoms with Crippen LogP contribution in [0.1, 0.15) is 20.8 Å². The Morgan fingerprint density at radius 3 is 2.73 bits per heavy atom. The van der Waals surface area contributed by atoms with Crippen molar-refractivity contribution >= 4 is 5.97 Å². The predicted molar refractivity (Wildman–Crippen MR) is 57.8 cm³/mol. The number of carboxylic acids is 1. The number of ether oxygens (including phenoxy) is 1. The van der Waals surface area contributed by atoms with Gasteiger partial charge in [-0.1, -0.05) is 6.92 Å². The molecule has 0 bridgehead atoms. The van der Waals surface area contributed by atoms with Gasteiger partial charge in [0, 0.05) is 25.7 Å². The first-order valence-corrected chi connectivity index (χ1v) is 5.60. The van der Waals surface area contributed by atoms with Crippen molar-refractivity contribution in [2.75, 3.05) is 26.3 Å². The first kappa shape index (κ1) is 12.5. The maximum absolute atomic E-state index is 10.9. The minimum Gasteiger partial charge on any atom is -0.481 e. The molecule has 1 N–H and O–H groups in total. The highest BCUT2D eigenvalue weighted by Gasteiger charge is 2.36. The van der Waals surface area contributed by atoms with Crippen LogP contribution >= 0.6 is 0 Å². The molecule has 1 unspecified atom stereocenters. The number of hydrogen-bond donors (Lipinski definition) is 1. The van der Waals surface area contributed by atoms with Gasteiger partial charge in [-0.2, -0.15) is 0 Å². The molecule has 4 nitrogen and oxygen atoms in total. The average Bonchev–Trinajstić information content (AvgIpc) is 2.56. The zero-order valence-corrected chi connectivity index (χ0v) is 9.77. The van der Waals surface area contributed by atoms with Crippen LogP contribution in [0.4, 0.5) is 0 Å². The maximum atomic E-state index is 10.9. The van der Waals surface area contributed by atoms with Gasteiger partial charge in [-0.15, -0.1) is 0 Å². The third-order valence-corrected chi connectivity index (χ3v) is 3.14. The molecular weight excluding hydrogens is 194 g/mol. The van der Waals surface area contributed by atoms with E-state index < -0.39 is 5.97 Å². The molecule has 1 saturated heterocycles. The smallest absolute Gasteiger partial charge is 0.308 e. The summed E-state index contributed by atoms with van der Waals surface area (Å²) in [5, 5.41) is 9.00. The van der Waals surface area contributed by atoms with Crippen molar-refractivity contribution in [1.82, 2.24) is 4.90 Å². The lowest BCUT2D eigenvalue weighted by Gasteiger charge is -2.23. The Labute approximate surface area is 91.2 Å². The van der Waals surface area contributed by atoms with Gasteiger partial charge in [0.1, 0.15) is 0 Å². The average molecular weight is 215 g/mol. The molecule has 3 atom stereocenters. The van der Waals surface area contributed by atoms with E-state index >= 15 is 0 Å². The highest BCUT2D eigenvalue weighted by Crippen LogP contribution is 2.24. The Bertz CT molecular complexity index is 220. The molecule has 1 aliphatic heterocycles. The summed E-state index contributed by atoms with van der Waals surface area (Å²) in [5.74, 6) is -0.644. The van der Waals surface area contributed by atoms with Crippen molar-refractivity contribution in [3.05, 3.63) is 0 Å². The SMILES string of the molecule is CCOCC(C)N1C[C@@H](C)[C@H](C(=O)O)C1. The monoisotopic (exact) mass is 215 g/mol. The highest BCUT2D eigenvalue weighted by atomic mass is 16.5. The third kappa shape index (κ3) is 3.18. The lowest BCUT2D eigenvalue weighted by Crippen LogP contribution is -2.35. The second-order valence-corrected chi connectivity index (χ2v) is 4.38. The van der Waals surface area contributed by atoms with Crippen molar-refractivity contribution in [2.24, 2.45) is 11.8 Å². The van der Waals surface area contributed by atoms with E-state index in [0.717, 1.165) is 13.2 Å². The fourth-order valence-electron chi connectivity index (χ4n) is 2.08. The number of aliphatic carboxylic acids is 1. The van der Waals surface area contributed by atoms with Crippen molar-refractivity contribution < 1.29 is 14.6 Å². The zero-order chi connectivity index (χ0) is 11.4. The number of likely N-dealkylation sites (tertiary alicyclic amines) is 1. The molecule has 0 aromatic heterocycles. The molecule has 0 saturated carbocycles.